The Balaban J connectivity index is 1.66. The van der Waals surface area contributed by atoms with E-state index in [9.17, 15) is 14.4 Å². The van der Waals surface area contributed by atoms with Gasteiger partial charge in [-0.3, -0.25) is 14.4 Å². The van der Waals surface area contributed by atoms with Crippen molar-refractivity contribution >= 4 is 46.0 Å². The summed E-state index contributed by atoms with van der Waals surface area (Å²) in [5, 5.41) is 0. The van der Waals surface area contributed by atoms with Crippen molar-refractivity contribution < 1.29 is 18.8 Å². The van der Waals surface area contributed by atoms with Crippen LogP contribution in [-0.2, 0) is 16.1 Å². The van der Waals surface area contributed by atoms with Crippen molar-refractivity contribution in [2.45, 2.75) is 19.0 Å². The van der Waals surface area contributed by atoms with E-state index >= 15 is 0 Å². The van der Waals surface area contributed by atoms with Crippen LogP contribution in [0.4, 0.5) is 5.69 Å². The third-order valence-corrected chi connectivity index (χ3v) is 5.49. The molecule has 1 saturated heterocycles. The van der Waals surface area contributed by atoms with Gasteiger partial charge in [0, 0.05) is 10.1 Å². The Labute approximate surface area is 181 Å². The van der Waals surface area contributed by atoms with Crippen LogP contribution >= 0.6 is 22.6 Å². The number of nitrogens with zero attached hydrogens (tertiary/aromatic N) is 2. The number of rotatable bonds is 5. The van der Waals surface area contributed by atoms with Gasteiger partial charge in [-0.25, -0.2) is 4.90 Å². The van der Waals surface area contributed by atoms with Crippen LogP contribution in [0.3, 0.4) is 0 Å². The Kier molecular flexibility index (Phi) is 5.48. The third-order valence-electron chi connectivity index (χ3n) is 4.77. The first-order chi connectivity index (χ1) is 14.0. The van der Waals surface area contributed by atoms with Gasteiger partial charge < -0.3 is 9.32 Å². The maximum Gasteiger partial charge on any atom is 0.290 e. The second-order valence-corrected chi connectivity index (χ2v) is 7.91. The average molecular weight is 500 g/mol. The molecule has 1 aliphatic heterocycles. The van der Waals surface area contributed by atoms with Crippen LogP contribution < -0.4 is 4.90 Å². The monoisotopic (exact) mass is 500 g/mol. The normalized spacial score (nSPS) is 16.3. The summed E-state index contributed by atoms with van der Waals surface area (Å²) in [6.07, 6.45) is 1.34. The molecule has 0 spiro atoms. The zero-order chi connectivity index (χ0) is 20.4. The lowest BCUT2D eigenvalue weighted by atomic mass is 10.1. The van der Waals surface area contributed by atoms with Crippen LogP contribution in [0.2, 0.25) is 0 Å². The summed E-state index contributed by atoms with van der Waals surface area (Å²) in [6.45, 7) is 0.199. The first-order valence-electron chi connectivity index (χ1n) is 9.05. The zero-order valence-corrected chi connectivity index (χ0v) is 17.5. The number of carbonyl (C=O) groups is 3. The van der Waals surface area contributed by atoms with Gasteiger partial charge in [-0.2, -0.15) is 0 Å². The van der Waals surface area contributed by atoms with Gasteiger partial charge in [0.25, 0.3) is 11.8 Å². The first-order valence-corrected chi connectivity index (χ1v) is 10.1. The van der Waals surface area contributed by atoms with Gasteiger partial charge in [0.05, 0.1) is 18.4 Å². The van der Waals surface area contributed by atoms with E-state index in [1.807, 2.05) is 42.5 Å². The minimum atomic E-state index is -0.889. The molecule has 0 N–H and O–H groups in total. The Bertz CT molecular complexity index is 1030. The number of anilines is 1. The Morgan fingerprint density at radius 3 is 2.41 bits per heavy atom. The van der Waals surface area contributed by atoms with E-state index in [0.717, 1.165) is 14.0 Å². The van der Waals surface area contributed by atoms with E-state index in [1.54, 1.807) is 24.3 Å². The third kappa shape index (κ3) is 3.95. The number of carbonyl (C=O) groups excluding carboxylic acids is 3. The van der Waals surface area contributed by atoms with E-state index in [1.165, 1.54) is 11.2 Å². The summed E-state index contributed by atoms with van der Waals surface area (Å²) in [6, 6.07) is 18.8. The fourth-order valence-corrected chi connectivity index (χ4v) is 3.73. The van der Waals surface area contributed by atoms with Crippen LogP contribution in [0, 0.1) is 3.57 Å². The van der Waals surface area contributed by atoms with Crippen LogP contribution in [-0.4, -0.2) is 28.7 Å². The lowest BCUT2D eigenvalue weighted by Crippen LogP contribution is -2.45. The molecule has 0 aliphatic carbocycles. The molecule has 1 aromatic heterocycles. The molecule has 6 nitrogen and oxygen atoms in total. The molecule has 1 fully saturated rings. The quantitative estimate of drug-likeness (QED) is 0.394. The first kappa shape index (κ1) is 19.4. The van der Waals surface area contributed by atoms with Crippen LogP contribution in [0.25, 0.3) is 0 Å². The predicted octanol–water partition coefficient (Wildman–Crippen LogP) is 3.86. The summed E-state index contributed by atoms with van der Waals surface area (Å²) in [4.78, 5) is 41.5. The molecule has 0 bridgehead atoms. The molecule has 1 aliphatic rings. The standard InChI is InChI=1S/C22H17IN2O4/c23-16-8-10-17(11-9-16)25-20(26)13-18(21(25)27)24(14-15-5-2-1-3-6-15)22(28)19-7-4-12-29-19/h1-12,18H,13-14H2. The topological polar surface area (TPSA) is 70.8 Å². The molecular weight excluding hydrogens is 483 g/mol. The van der Waals surface area contributed by atoms with E-state index in [4.69, 9.17) is 4.42 Å². The molecule has 29 heavy (non-hydrogen) atoms. The molecule has 0 saturated carbocycles. The van der Waals surface area contributed by atoms with Crippen molar-refractivity contribution in [2.75, 3.05) is 4.90 Å². The molecule has 7 heteroatoms. The Morgan fingerprint density at radius 2 is 1.76 bits per heavy atom. The fraction of sp³-hybridized carbons (Fsp3) is 0.136. The SMILES string of the molecule is O=C1CC(N(Cc2ccccc2)C(=O)c2ccco2)C(=O)N1c1ccc(I)cc1. The van der Waals surface area contributed by atoms with Crippen LogP contribution in [0.15, 0.2) is 77.4 Å². The molecule has 146 valence electrons. The van der Waals surface area contributed by atoms with Crippen LogP contribution in [0.1, 0.15) is 22.5 Å². The smallest absolute Gasteiger partial charge is 0.290 e. The number of hydrogen-bond donors (Lipinski definition) is 0. The molecule has 1 unspecified atom stereocenters. The lowest BCUT2D eigenvalue weighted by Gasteiger charge is -2.27. The highest BCUT2D eigenvalue weighted by atomic mass is 127. The maximum absolute atomic E-state index is 13.2. The summed E-state index contributed by atoms with van der Waals surface area (Å²) in [5.74, 6) is -1.03. The van der Waals surface area contributed by atoms with E-state index < -0.39 is 17.9 Å². The van der Waals surface area contributed by atoms with Gasteiger partial charge in [0.2, 0.25) is 5.91 Å². The molecule has 3 amide bonds. The molecular formula is C22H17IN2O4. The van der Waals surface area contributed by atoms with Crippen molar-refractivity contribution in [1.29, 1.82) is 0 Å². The Hall–Kier alpha value is -2.94. The largest absolute Gasteiger partial charge is 0.459 e. The number of furan rings is 1. The highest BCUT2D eigenvalue weighted by molar-refractivity contribution is 14.1. The molecule has 2 heterocycles. The molecule has 2 aromatic carbocycles. The highest BCUT2D eigenvalue weighted by Crippen LogP contribution is 2.28. The van der Waals surface area contributed by atoms with Crippen molar-refractivity contribution in [3.05, 3.63) is 87.9 Å². The van der Waals surface area contributed by atoms with Gasteiger partial charge in [0.15, 0.2) is 5.76 Å². The van der Waals surface area contributed by atoms with Crippen molar-refractivity contribution in [2.24, 2.45) is 0 Å². The molecule has 4 rings (SSSR count). The Morgan fingerprint density at radius 1 is 1.03 bits per heavy atom. The predicted molar refractivity (Wildman–Crippen MR) is 115 cm³/mol. The maximum atomic E-state index is 13.2. The number of benzene rings is 2. The van der Waals surface area contributed by atoms with E-state index in [0.29, 0.717) is 5.69 Å². The van der Waals surface area contributed by atoms with Gasteiger partial charge in [-0.05, 0) is 64.6 Å². The average Bonchev–Trinajstić information content (AvgIpc) is 3.36. The molecule has 3 aromatic rings. The van der Waals surface area contributed by atoms with Gasteiger partial charge in [0.1, 0.15) is 6.04 Å². The number of imide groups is 1. The minimum Gasteiger partial charge on any atom is -0.459 e. The summed E-state index contributed by atoms with van der Waals surface area (Å²) in [5.41, 5.74) is 1.37. The van der Waals surface area contributed by atoms with Crippen molar-refractivity contribution in [3.63, 3.8) is 0 Å². The second kappa shape index (κ2) is 8.20. The summed E-state index contributed by atoms with van der Waals surface area (Å²) >= 11 is 2.16. The number of halogens is 1. The minimum absolute atomic E-state index is 0.0654. The van der Waals surface area contributed by atoms with E-state index in [2.05, 4.69) is 22.6 Å². The van der Waals surface area contributed by atoms with E-state index in [-0.39, 0.29) is 24.6 Å². The summed E-state index contributed by atoms with van der Waals surface area (Å²) < 4.78 is 6.26. The molecule has 1 atom stereocenters. The molecule has 0 radical (unpaired) electrons. The van der Waals surface area contributed by atoms with Gasteiger partial charge in [-0.15, -0.1) is 0 Å². The highest BCUT2D eigenvalue weighted by Gasteiger charge is 2.44. The van der Waals surface area contributed by atoms with Crippen molar-refractivity contribution in [3.8, 4) is 0 Å². The van der Waals surface area contributed by atoms with Crippen LogP contribution in [0.5, 0.6) is 0 Å². The second-order valence-electron chi connectivity index (χ2n) is 6.66. The zero-order valence-electron chi connectivity index (χ0n) is 15.3. The van der Waals surface area contributed by atoms with Crippen molar-refractivity contribution in [1.82, 2.24) is 4.90 Å². The number of hydrogen-bond acceptors (Lipinski definition) is 4. The number of amides is 3. The van der Waals surface area contributed by atoms with Gasteiger partial charge >= 0.3 is 0 Å². The summed E-state index contributed by atoms with van der Waals surface area (Å²) in [7, 11) is 0. The van der Waals surface area contributed by atoms with Gasteiger partial charge in [-0.1, -0.05) is 30.3 Å². The fourth-order valence-electron chi connectivity index (χ4n) is 3.37. The lowest BCUT2D eigenvalue weighted by molar-refractivity contribution is -0.122.